The monoisotopic (exact) mass is 435 g/mol. The molecule has 1 heterocycles. The van der Waals surface area contributed by atoms with Gasteiger partial charge >= 0.3 is 0 Å². The number of carbonyl (C=O) groups excluding carboxylic acids is 1. The van der Waals surface area contributed by atoms with Crippen molar-refractivity contribution < 1.29 is 4.79 Å². The summed E-state index contributed by atoms with van der Waals surface area (Å²) in [6, 6.07) is 17.4. The van der Waals surface area contributed by atoms with Crippen molar-refractivity contribution in [1.82, 2.24) is 0 Å². The molecule has 0 spiro atoms. The molecule has 5 heteroatoms. The summed E-state index contributed by atoms with van der Waals surface area (Å²) in [5.74, 6) is -0.104. The average molecular weight is 437 g/mol. The van der Waals surface area contributed by atoms with E-state index in [0.717, 1.165) is 25.1 Å². The number of amides is 1. The first-order valence-corrected chi connectivity index (χ1v) is 9.00. The van der Waals surface area contributed by atoms with E-state index < -0.39 is 0 Å². The summed E-state index contributed by atoms with van der Waals surface area (Å²) in [6.07, 6.45) is 0. The van der Waals surface area contributed by atoms with E-state index >= 15 is 0 Å². The Hall–Kier alpha value is -1.43. The summed E-state index contributed by atoms with van der Waals surface area (Å²) >= 11 is 8.40. The molecule has 1 amide bonds. The highest BCUT2D eigenvalue weighted by Crippen LogP contribution is 2.30. The van der Waals surface area contributed by atoms with Crippen molar-refractivity contribution >= 4 is 54.8 Å². The van der Waals surface area contributed by atoms with Crippen LogP contribution in [0.25, 0.3) is 10.4 Å². The quantitative estimate of drug-likeness (QED) is 0.520. The fraction of sp³-hybridized carbons (Fsp3) is 0. The number of rotatable bonds is 3. The SMILES string of the molecule is O=C(Nc1csc(-c2ccc(Br)cc2)c1)c1ccc(Br)cc1. The molecule has 0 saturated heterocycles. The number of nitrogens with one attached hydrogen (secondary N) is 1. The number of anilines is 1. The van der Waals surface area contributed by atoms with Crippen LogP contribution in [0, 0.1) is 0 Å². The molecule has 0 unspecified atom stereocenters. The lowest BCUT2D eigenvalue weighted by Crippen LogP contribution is -2.10. The van der Waals surface area contributed by atoms with Crippen molar-refractivity contribution in [1.29, 1.82) is 0 Å². The molecular weight excluding hydrogens is 426 g/mol. The number of carbonyl (C=O) groups is 1. The fourth-order valence-electron chi connectivity index (χ4n) is 1.97. The van der Waals surface area contributed by atoms with Gasteiger partial charge in [-0.15, -0.1) is 11.3 Å². The summed E-state index contributed by atoms with van der Waals surface area (Å²) in [5.41, 5.74) is 2.59. The largest absolute Gasteiger partial charge is 0.321 e. The minimum absolute atomic E-state index is 0.104. The van der Waals surface area contributed by atoms with E-state index in [2.05, 4.69) is 49.3 Å². The first-order valence-electron chi connectivity index (χ1n) is 6.53. The summed E-state index contributed by atoms with van der Waals surface area (Å²) in [6.45, 7) is 0. The zero-order valence-corrected chi connectivity index (χ0v) is 15.3. The number of halogens is 2. The standard InChI is InChI=1S/C17H11Br2NOS/c18-13-5-1-11(2-6-13)16-9-15(10-22-16)20-17(21)12-3-7-14(19)8-4-12/h1-10H,(H,20,21). The van der Waals surface area contributed by atoms with Gasteiger partial charge in [0.15, 0.2) is 0 Å². The third-order valence-electron chi connectivity index (χ3n) is 3.09. The van der Waals surface area contributed by atoms with Crippen molar-refractivity contribution in [3.8, 4) is 10.4 Å². The van der Waals surface area contributed by atoms with Crippen LogP contribution >= 0.6 is 43.2 Å². The van der Waals surface area contributed by atoms with Gasteiger partial charge in [-0.1, -0.05) is 44.0 Å². The summed E-state index contributed by atoms with van der Waals surface area (Å²) < 4.78 is 2.01. The van der Waals surface area contributed by atoms with Gasteiger partial charge in [0.05, 0.1) is 5.69 Å². The van der Waals surface area contributed by atoms with Gasteiger partial charge in [-0.2, -0.15) is 0 Å². The number of hydrogen-bond acceptors (Lipinski definition) is 2. The number of thiophene rings is 1. The molecule has 3 aromatic rings. The van der Waals surface area contributed by atoms with Crippen LogP contribution < -0.4 is 5.32 Å². The van der Waals surface area contributed by atoms with Crippen LogP contribution in [-0.2, 0) is 0 Å². The van der Waals surface area contributed by atoms with Crippen LogP contribution in [0.5, 0.6) is 0 Å². The average Bonchev–Trinajstić information content (AvgIpc) is 2.97. The second-order valence-corrected chi connectivity index (χ2v) is 7.41. The highest BCUT2D eigenvalue weighted by Gasteiger charge is 2.08. The predicted molar refractivity (Wildman–Crippen MR) is 99.6 cm³/mol. The van der Waals surface area contributed by atoms with E-state index in [0.29, 0.717) is 5.56 Å². The Morgan fingerprint density at radius 1 is 0.909 bits per heavy atom. The van der Waals surface area contributed by atoms with Gasteiger partial charge in [-0.25, -0.2) is 0 Å². The van der Waals surface area contributed by atoms with E-state index in [1.165, 1.54) is 0 Å². The van der Waals surface area contributed by atoms with Crippen LogP contribution in [0.3, 0.4) is 0 Å². The molecule has 3 rings (SSSR count). The van der Waals surface area contributed by atoms with Crippen molar-refractivity contribution in [3.05, 3.63) is 74.5 Å². The molecule has 1 N–H and O–H groups in total. The minimum atomic E-state index is -0.104. The highest BCUT2D eigenvalue weighted by molar-refractivity contribution is 9.10. The maximum absolute atomic E-state index is 12.2. The molecule has 0 bridgehead atoms. The molecule has 0 fully saturated rings. The Morgan fingerprint density at radius 2 is 1.50 bits per heavy atom. The Kier molecular flexibility index (Phi) is 4.76. The van der Waals surface area contributed by atoms with E-state index in [-0.39, 0.29) is 5.91 Å². The molecule has 2 aromatic carbocycles. The first-order chi connectivity index (χ1) is 10.6. The molecule has 0 saturated carbocycles. The van der Waals surface area contributed by atoms with Gasteiger partial charge in [0.2, 0.25) is 0 Å². The molecule has 1 aromatic heterocycles. The second-order valence-electron chi connectivity index (χ2n) is 4.67. The second kappa shape index (κ2) is 6.77. The molecule has 0 aliphatic carbocycles. The molecule has 22 heavy (non-hydrogen) atoms. The summed E-state index contributed by atoms with van der Waals surface area (Å²) in [4.78, 5) is 13.3. The van der Waals surface area contributed by atoms with Crippen LogP contribution in [-0.4, -0.2) is 5.91 Å². The van der Waals surface area contributed by atoms with Gasteiger partial charge in [-0.05, 0) is 48.0 Å². The predicted octanol–water partition coefficient (Wildman–Crippen LogP) is 6.19. The van der Waals surface area contributed by atoms with Crippen LogP contribution in [0.4, 0.5) is 5.69 Å². The first kappa shape index (κ1) is 15.5. The van der Waals surface area contributed by atoms with Gasteiger partial charge in [0.1, 0.15) is 0 Å². The zero-order valence-electron chi connectivity index (χ0n) is 11.3. The van der Waals surface area contributed by atoms with Gasteiger partial charge in [0, 0.05) is 24.8 Å². The number of hydrogen-bond donors (Lipinski definition) is 1. The minimum Gasteiger partial charge on any atom is -0.321 e. The maximum Gasteiger partial charge on any atom is 0.255 e. The van der Waals surface area contributed by atoms with E-state index in [1.54, 1.807) is 23.5 Å². The molecule has 110 valence electrons. The van der Waals surface area contributed by atoms with E-state index in [9.17, 15) is 4.79 Å². The normalized spacial score (nSPS) is 10.5. The van der Waals surface area contributed by atoms with Gasteiger partial charge in [0.25, 0.3) is 5.91 Å². The smallest absolute Gasteiger partial charge is 0.255 e. The molecule has 0 aliphatic heterocycles. The third-order valence-corrected chi connectivity index (χ3v) is 5.13. The Bertz CT molecular complexity index is 794. The van der Waals surface area contributed by atoms with Crippen molar-refractivity contribution in [3.63, 3.8) is 0 Å². The third kappa shape index (κ3) is 3.66. The van der Waals surface area contributed by atoms with E-state index in [1.807, 2.05) is 35.7 Å². The van der Waals surface area contributed by atoms with Crippen LogP contribution in [0.15, 0.2) is 68.9 Å². The Morgan fingerprint density at radius 3 is 2.14 bits per heavy atom. The van der Waals surface area contributed by atoms with Crippen molar-refractivity contribution in [2.24, 2.45) is 0 Å². The lowest BCUT2D eigenvalue weighted by atomic mass is 10.2. The van der Waals surface area contributed by atoms with Crippen LogP contribution in [0.2, 0.25) is 0 Å². The Balaban J connectivity index is 1.75. The topological polar surface area (TPSA) is 29.1 Å². The molecule has 0 aliphatic rings. The van der Waals surface area contributed by atoms with Gasteiger partial charge < -0.3 is 5.32 Å². The lowest BCUT2D eigenvalue weighted by Gasteiger charge is -2.02. The summed E-state index contributed by atoms with van der Waals surface area (Å²) in [7, 11) is 0. The molecule has 0 atom stereocenters. The van der Waals surface area contributed by atoms with E-state index in [4.69, 9.17) is 0 Å². The van der Waals surface area contributed by atoms with Gasteiger partial charge in [-0.3, -0.25) is 4.79 Å². The molecular formula is C17H11Br2NOS. The number of benzene rings is 2. The van der Waals surface area contributed by atoms with Crippen molar-refractivity contribution in [2.75, 3.05) is 5.32 Å². The molecule has 2 nitrogen and oxygen atoms in total. The highest BCUT2D eigenvalue weighted by atomic mass is 79.9. The lowest BCUT2D eigenvalue weighted by molar-refractivity contribution is 0.102. The zero-order chi connectivity index (χ0) is 15.5. The fourth-order valence-corrected chi connectivity index (χ4v) is 3.35. The Labute approximate surface area is 149 Å². The maximum atomic E-state index is 12.2. The van der Waals surface area contributed by atoms with Crippen molar-refractivity contribution in [2.45, 2.75) is 0 Å². The molecule has 0 radical (unpaired) electrons. The van der Waals surface area contributed by atoms with Crippen LogP contribution in [0.1, 0.15) is 10.4 Å². The summed E-state index contributed by atoms with van der Waals surface area (Å²) in [5, 5.41) is 4.88.